The van der Waals surface area contributed by atoms with E-state index in [4.69, 9.17) is 5.73 Å². The van der Waals surface area contributed by atoms with Crippen LogP contribution in [0.3, 0.4) is 0 Å². The third-order valence-corrected chi connectivity index (χ3v) is 2.88. The third-order valence-electron chi connectivity index (χ3n) is 2.88. The van der Waals surface area contributed by atoms with Crippen LogP contribution in [0.2, 0.25) is 0 Å². The van der Waals surface area contributed by atoms with Crippen molar-refractivity contribution in [3.05, 3.63) is 41.6 Å². The third kappa shape index (κ3) is 2.55. The first-order valence-electron chi connectivity index (χ1n) is 5.65. The molecule has 1 aliphatic rings. The summed E-state index contributed by atoms with van der Waals surface area (Å²) in [6, 6.07) is 4.99. The van der Waals surface area contributed by atoms with Gasteiger partial charge >= 0.3 is 6.18 Å². The van der Waals surface area contributed by atoms with Gasteiger partial charge in [-0.15, -0.1) is 0 Å². The van der Waals surface area contributed by atoms with Gasteiger partial charge < -0.3 is 5.73 Å². The smallest absolute Gasteiger partial charge is 0.404 e. The lowest BCUT2D eigenvalue weighted by molar-refractivity contribution is -0.137. The van der Waals surface area contributed by atoms with Crippen LogP contribution < -0.4 is 5.73 Å². The molecule has 1 aromatic rings. The summed E-state index contributed by atoms with van der Waals surface area (Å²) in [5.41, 5.74) is 7.16. The molecular formula is C13H13F3N2. The van der Waals surface area contributed by atoms with Gasteiger partial charge in [-0.25, -0.2) is 0 Å². The number of alkyl halides is 3. The number of hydrogen-bond acceptors (Lipinski definition) is 2. The van der Waals surface area contributed by atoms with Crippen molar-refractivity contribution in [2.75, 3.05) is 6.54 Å². The lowest BCUT2D eigenvalue weighted by atomic mass is 9.99. The lowest BCUT2D eigenvalue weighted by Crippen LogP contribution is -2.06. The molecule has 96 valence electrons. The quantitative estimate of drug-likeness (QED) is 0.864. The lowest BCUT2D eigenvalue weighted by Gasteiger charge is -2.10. The highest BCUT2D eigenvalue weighted by Crippen LogP contribution is 2.30. The Bertz CT molecular complexity index is 484. The molecular weight excluding hydrogens is 241 g/mol. The summed E-state index contributed by atoms with van der Waals surface area (Å²) >= 11 is 0. The first kappa shape index (κ1) is 12.7. The van der Waals surface area contributed by atoms with Gasteiger partial charge in [-0.2, -0.15) is 13.2 Å². The molecule has 0 fully saturated rings. The van der Waals surface area contributed by atoms with Crippen molar-refractivity contribution in [2.24, 2.45) is 10.7 Å². The van der Waals surface area contributed by atoms with Gasteiger partial charge in [-0.1, -0.05) is 12.1 Å². The van der Waals surface area contributed by atoms with Gasteiger partial charge in [0.2, 0.25) is 0 Å². The average Bonchev–Trinajstić information content (AvgIpc) is 2.83. The first-order chi connectivity index (χ1) is 8.52. The van der Waals surface area contributed by atoms with Gasteiger partial charge in [-0.05, 0) is 30.5 Å². The zero-order valence-corrected chi connectivity index (χ0v) is 9.67. The van der Waals surface area contributed by atoms with Gasteiger partial charge in [-0.3, -0.25) is 4.99 Å². The average molecular weight is 254 g/mol. The minimum atomic E-state index is -4.31. The molecule has 0 bridgehead atoms. The van der Waals surface area contributed by atoms with Gasteiger partial charge in [0.1, 0.15) is 0 Å². The van der Waals surface area contributed by atoms with Gasteiger partial charge in [0.15, 0.2) is 0 Å². The molecule has 0 aromatic heterocycles. The SMILES string of the molecule is NC=C(C1=NCCC1)c1ccc(C(F)(F)F)cc1. The van der Waals surface area contributed by atoms with E-state index in [-0.39, 0.29) is 0 Å². The van der Waals surface area contributed by atoms with Gasteiger partial charge in [0.05, 0.1) is 5.56 Å². The van der Waals surface area contributed by atoms with E-state index in [2.05, 4.69) is 4.99 Å². The molecule has 0 saturated carbocycles. The Hall–Kier alpha value is -1.78. The van der Waals surface area contributed by atoms with Gasteiger partial charge in [0.25, 0.3) is 0 Å². The second-order valence-electron chi connectivity index (χ2n) is 4.09. The fourth-order valence-electron chi connectivity index (χ4n) is 1.96. The molecule has 0 saturated heterocycles. The van der Waals surface area contributed by atoms with Crippen molar-refractivity contribution in [1.29, 1.82) is 0 Å². The van der Waals surface area contributed by atoms with Crippen molar-refractivity contribution < 1.29 is 13.2 Å². The van der Waals surface area contributed by atoms with E-state index in [1.807, 2.05) is 0 Å². The molecule has 0 spiro atoms. The summed E-state index contributed by atoms with van der Waals surface area (Å²) in [6.45, 7) is 0.757. The Morgan fingerprint density at radius 3 is 2.33 bits per heavy atom. The van der Waals surface area contributed by atoms with E-state index in [1.165, 1.54) is 18.3 Å². The van der Waals surface area contributed by atoms with Crippen molar-refractivity contribution in [1.82, 2.24) is 0 Å². The monoisotopic (exact) mass is 254 g/mol. The topological polar surface area (TPSA) is 38.4 Å². The fraction of sp³-hybridized carbons (Fsp3) is 0.308. The van der Waals surface area contributed by atoms with E-state index in [0.717, 1.165) is 42.8 Å². The van der Waals surface area contributed by atoms with Crippen molar-refractivity contribution in [2.45, 2.75) is 19.0 Å². The molecule has 2 rings (SSSR count). The van der Waals surface area contributed by atoms with Crippen LogP contribution in [-0.4, -0.2) is 12.3 Å². The maximum atomic E-state index is 12.4. The normalized spacial score (nSPS) is 16.8. The second-order valence-corrected chi connectivity index (χ2v) is 4.09. The first-order valence-corrected chi connectivity index (χ1v) is 5.65. The highest BCUT2D eigenvalue weighted by atomic mass is 19.4. The molecule has 18 heavy (non-hydrogen) atoms. The van der Waals surface area contributed by atoms with Crippen LogP contribution >= 0.6 is 0 Å². The zero-order chi connectivity index (χ0) is 13.2. The number of rotatable bonds is 2. The number of allylic oxidation sites excluding steroid dienone is 1. The van der Waals surface area contributed by atoms with Gasteiger partial charge in [0, 0.05) is 24.0 Å². The minimum Gasteiger partial charge on any atom is -0.404 e. The minimum absolute atomic E-state index is 0.656. The molecule has 1 aromatic carbocycles. The van der Waals surface area contributed by atoms with Crippen LogP contribution in [0.4, 0.5) is 13.2 Å². The number of halogens is 3. The Morgan fingerprint density at radius 1 is 1.22 bits per heavy atom. The highest BCUT2D eigenvalue weighted by molar-refractivity contribution is 6.24. The molecule has 0 amide bonds. The molecule has 0 aliphatic carbocycles. The molecule has 0 atom stereocenters. The number of aliphatic imine (C=N–C) groups is 1. The summed E-state index contributed by atoms with van der Waals surface area (Å²) in [4.78, 5) is 4.30. The van der Waals surface area contributed by atoms with Crippen LogP contribution in [0.25, 0.3) is 5.57 Å². The number of benzene rings is 1. The van der Waals surface area contributed by atoms with E-state index < -0.39 is 11.7 Å². The van der Waals surface area contributed by atoms with Crippen molar-refractivity contribution in [3.63, 3.8) is 0 Å². The molecule has 2 nitrogen and oxygen atoms in total. The molecule has 0 unspecified atom stereocenters. The molecule has 5 heteroatoms. The summed E-state index contributed by atoms with van der Waals surface area (Å²) in [6.07, 6.45) is -1.11. The highest BCUT2D eigenvalue weighted by Gasteiger charge is 2.30. The number of hydrogen-bond donors (Lipinski definition) is 1. The number of nitrogens with zero attached hydrogens (tertiary/aromatic N) is 1. The Kier molecular flexibility index (Phi) is 3.41. The molecule has 0 radical (unpaired) electrons. The standard InChI is InChI=1S/C13H13F3N2/c14-13(15,16)10-5-3-9(4-6-10)11(8-17)12-2-1-7-18-12/h3-6,8H,1-2,7,17H2. The van der Waals surface area contributed by atoms with Crippen LogP contribution in [0, 0.1) is 0 Å². The molecule has 1 aliphatic heterocycles. The summed E-state index contributed by atoms with van der Waals surface area (Å²) in [5, 5.41) is 0. The summed E-state index contributed by atoms with van der Waals surface area (Å²) in [7, 11) is 0. The maximum absolute atomic E-state index is 12.4. The Balaban J connectivity index is 2.28. The van der Waals surface area contributed by atoms with Crippen molar-refractivity contribution >= 4 is 11.3 Å². The largest absolute Gasteiger partial charge is 0.416 e. The van der Waals surface area contributed by atoms with Crippen LogP contribution in [-0.2, 0) is 6.18 Å². The maximum Gasteiger partial charge on any atom is 0.416 e. The fourth-order valence-corrected chi connectivity index (χ4v) is 1.96. The summed E-state index contributed by atoms with van der Waals surface area (Å²) in [5.74, 6) is 0. The molecule has 1 heterocycles. The van der Waals surface area contributed by atoms with E-state index in [9.17, 15) is 13.2 Å². The van der Waals surface area contributed by atoms with E-state index in [1.54, 1.807) is 0 Å². The zero-order valence-electron chi connectivity index (χ0n) is 9.67. The van der Waals surface area contributed by atoms with E-state index >= 15 is 0 Å². The van der Waals surface area contributed by atoms with Crippen molar-refractivity contribution in [3.8, 4) is 0 Å². The van der Waals surface area contributed by atoms with Crippen LogP contribution in [0.15, 0.2) is 35.5 Å². The second kappa shape index (κ2) is 4.84. The predicted molar refractivity (Wildman–Crippen MR) is 65.1 cm³/mol. The molecule has 2 N–H and O–H groups in total. The number of nitrogens with two attached hydrogens (primary N) is 1. The summed E-state index contributed by atoms with van der Waals surface area (Å²) < 4.78 is 37.3. The van der Waals surface area contributed by atoms with E-state index in [0.29, 0.717) is 5.56 Å². The van der Waals surface area contributed by atoms with Crippen LogP contribution in [0.1, 0.15) is 24.0 Å². The Morgan fingerprint density at radius 2 is 1.89 bits per heavy atom. The van der Waals surface area contributed by atoms with Crippen LogP contribution in [0.5, 0.6) is 0 Å². The predicted octanol–water partition coefficient (Wildman–Crippen LogP) is 3.24. The Labute approximate surface area is 103 Å².